The topological polar surface area (TPSA) is 211 Å². The number of hydrogen-bond acceptors (Lipinski definition) is 10. The van der Waals surface area contributed by atoms with Gasteiger partial charge in [0.15, 0.2) is 0 Å². The van der Waals surface area contributed by atoms with Crippen molar-refractivity contribution in [3.63, 3.8) is 0 Å². The van der Waals surface area contributed by atoms with Gasteiger partial charge in [0.25, 0.3) is 11.8 Å². The highest BCUT2D eigenvalue weighted by molar-refractivity contribution is 5.89. The number of piperidine rings is 2. The van der Waals surface area contributed by atoms with Crippen LogP contribution in [-0.4, -0.2) is 123 Å². The molecule has 6 saturated heterocycles. The Morgan fingerprint density at radius 3 is 1.85 bits per heavy atom. The number of hydrogen-bond donors (Lipinski definition) is 5. The van der Waals surface area contributed by atoms with Gasteiger partial charge in [-0.3, -0.25) is 38.9 Å². The van der Waals surface area contributed by atoms with E-state index < -0.39 is 24.0 Å². The second-order valence-electron chi connectivity index (χ2n) is 12.2. The van der Waals surface area contributed by atoms with Gasteiger partial charge in [0, 0.05) is 26.2 Å². The number of carbonyl (C=O) groups excluding carboxylic acids is 6. The maximum atomic E-state index is 12.7. The molecule has 7 rings (SSSR count). The molecule has 0 unspecified atom stereocenters. The highest BCUT2D eigenvalue weighted by Crippen LogP contribution is 2.31. The average Bonchev–Trinajstić information content (AvgIpc) is 3.82. The summed E-state index contributed by atoms with van der Waals surface area (Å²) in [4.78, 5) is 90.1. The summed E-state index contributed by atoms with van der Waals surface area (Å²) >= 11 is 0. The predicted molar refractivity (Wildman–Crippen MR) is 156 cm³/mol. The zero-order chi connectivity index (χ0) is 33.1. The number of urea groups is 2. The van der Waals surface area contributed by atoms with Gasteiger partial charge in [-0.25, -0.2) is 25.6 Å². The molecule has 0 saturated carbocycles. The molecule has 4 bridgehead atoms. The summed E-state index contributed by atoms with van der Waals surface area (Å²) in [6, 6.07) is 7.26. The van der Waals surface area contributed by atoms with Crippen LogP contribution in [0.2, 0.25) is 0 Å². The molecule has 6 heterocycles. The minimum atomic E-state index is -0.638. The van der Waals surface area contributed by atoms with Crippen LogP contribution in [0.15, 0.2) is 30.3 Å². The smallest absolute Gasteiger partial charge is 0.345 e. The van der Waals surface area contributed by atoms with Crippen molar-refractivity contribution in [2.75, 3.05) is 26.2 Å². The van der Waals surface area contributed by atoms with Crippen LogP contribution in [0.1, 0.15) is 44.1 Å². The number of fused-ring (bicyclic) bond motifs is 4. The quantitative estimate of drug-likeness (QED) is 0.160. The third-order valence-corrected chi connectivity index (χ3v) is 9.02. The van der Waals surface area contributed by atoms with Gasteiger partial charge in [-0.15, -0.1) is 0 Å². The van der Waals surface area contributed by atoms with E-state index in [2.05, 4.69) is 21.6 Å². The number of amides is 8. The molecule has 0 aromatic heterocycles. The third-order valence-electron chi connectivity index (χ3n) is 9.02. The monoisotopic (exact) mass is 658 g/mol. The molecule has 6 fully saturated rings. The fraction of sp³-hybridized carbons (Fsp3) is 0.586. The van der Waals surface area contributed by atoms with Gasteiger partial charge in [0.2, 0.25) is 11.8 Å². The number of rotatable bonds is 9. The van der Waals surface area contributed by atoms with Gasteiger partial charge in [-0.2, -0.15) is 5.06 Å². The van der Waals surface area contributed by atoms with E-state index in [1.54, 1.807) is 0 Å². The van der Waals surface area contributed by atoms with Gasteiger partial charge < -0.3 is 20.4 Å². The second-order valence-corrected chi connectivity index (χ2v) is 12.2. The van der Waals surface area contributed by atoms with Crippen molar-refractivity contribution in [3.05, 3.63) is 35.9 Å². The molecular weight excluding hydrogens is 620 g/mol. The first-order chi connectivity index (χ1) is 22.7. The normalized spacial score (nSPS) is 29.4. The van der Waals surface area contributed by atoms with E-state index in [9.17, 15) is 34.0 Å². The van der Waals surface area contributed by atoms with E-state index in [0.29, 0.717) is 63.5 Å². The van der Waals surface area contributed by atoms with Crippen molar-refractivity contribution >= 4 is 35.7 Å². The molecule has 6 atom stereocenters. The summed E-state index contributed by atoms with van der Waals surface area (Å²) < 4.78 is 0. The minimum Gasteiger partial charge on any atom is -0.353 e. The molecule has 5 N–H and O–H groups in total. The number of hydroxylamine groups is 6. The van der Waals surface area contributed by atoms with E-state index in [4.69, 9.17) is 14.5 Å². The Morgan fingerprint density at radius 1 is 0.766 bits per heavy atom. The van der Waals surface area contributed by atoms with Crippen molar-refractivity contribution in [1.29, 1.82) is 0 Å². The lowest BCUT2D eigenvalue weighted by Gasteiger charge is -2.29. The van der Waals surface area contributed by atoms with E-state index in [1.807, 2.05) is 30.3 Å². The van der Waals surface area contributed by atoms with Crippen LogP contribution in [0.4, 0.5) is 9.59 Å². The summed E-state index contributed by atoms with van der Waals surface area (Å²) in [7, 11) is 0. The van der Waals surface area contributed by atoms with Crippen molar-refractivity contribution in [2.45, 2.75) is 81.5 Å². The van der Waals surface area contributed by atoms with Crippen LogP contribution in [0.25, 0.3) is 0 Å². The van der Waals surface area contributed by atoms with E-state index in [0.717, 1.165) is 5.56 Å². The number of benzene rings is 1. The highest BCUT2D eigenvalue weighted by Gasteiger charge is 2.49. The summed E-state index contributed by atoms with van der Waals surface area (Å²) in [5, 5.41) is 16.8. The Labute approximate surface area is 269 Å². The molecule has 0 aliphatic carbocycles. The average molecular weight is 659 g/mol. The van der Waals surface area contributed by atoms with Gasteiger partial charge in [0.05, 0.1) is 24.9 Å². The van der Waals surface area contributed by atoms with Crippen molar-refractivity contribution in [1.82, 2.24) is 41.5 Å². The summed E-state index contributed by atoms with van der Waals surface area (Å²) in [5.74, 6) is -1.01. The summed E-state index contributed by atoms with van der Waals surface area (Å²) in [6.45, 7) is 1.83. The van der Waals surface area contributed by atoms with E-state index in [-0.39, 0.29) is 60.9 Å². The predicted octanol–water partition coefficient (Wildman–Crippen LogP) is -1.10. The minimum absolute atomic E-state index is 0.0529. The Hall–Kier alpha value is -4.52. The molecule has 8 amide bonds. The summed E-state index contributed by atoms with van der Waals surface area (Å²) in [5.41, 5.74) is 5.69. The Balaban J connectivity index is 0.000000172. The van der Waals surface area contributed by atoms with Gasteiger partial charge in [-0.1, -0.05) is 30.3 Å². The largest absolute Gasteiger partial charge is 0.353 e. The SMILES string of the molecule is O=C1C[C@@H](ONC(=O)[C@@H]2CC[C@@H]3CN2C(=O)N3O)CN1.O=C1C[C@@H](ONC(=O)[C@@H]2CC[C@@H]3CN2C(=O)N3OCc2ccccc2)CN1. The molecule has 6 aliphatic heterocycles. The molecule has 18 heteroatoms. The lowest BCUT2D eigenvalue weighted by atomic mass is 10.0. The number of nitrogens with one attached hydrogen (secondary N) is 4. The maximum absolute atomic E-state index is 12.7. The first-order valence-electron chi connectivity index (χ1n) is 15.7. The zero-order valence-electron chi connectivity index (χ0n) is 25.5. The van der Waals surface area contributed by atoms with Crippen molar-refractivity contribution in [2.24, 2.45) is 0 Å². The fourth-order valence-corrected chi connectivity index (χ4v) is 6.46. The van der Waals surface area contributed by atoms with E-state index >= 15 is 0 Å². The Kier molecular flexibility index (Phi) is 9.71. The van der Waals surface area contributed by atoms with E-state index in [1.165, 1.54) is 14.9 Å². The lowest BCUT2D eigenvalue weighted by molar-refractivity contribution is -0.144. The molecule has 0 spiro atoms. The Morgan fingerprint density at radius 2 is 1.30 bits per heavy atom. The number of carbonyl (C=O) groups is 6. The first-order valence-corrected chi connectivity index (χ1v) is 15.7. The molecule has 0 radical (unpaired) electrons. The maximum Gasteiger partial charge on any atom is 0.345 e. The molecule has 1 aromatic rings. The Bertz CT molecular complexity index is 1380. The third kappa shape index (κ3) is 7.24. The zero-order valence-corrected chi connectivity index (χ0v) is 25.5. The van der Waals surface area contributed by atoms with Crippen LogP contribution in [0.3, 0.4) is 0 Å². The molecule has 47 heavy (non-hydrogen) atoms. The number of nitrogens with zero attached hydrogens (tertiary/aromatic N) is 4. The van der Waals surface area contributed by atoms with Crippen LogP contribution in [-0.2, 0) is 40.3 Å². The van der Waals surface area contributed by atoms with Gasteiger partial charge in [-0.05, 0) is 31.2 Å². The molecule has 1 aromatic carbocycles. The first kappa shape index (κ1) is 32.4. The van der Waals surface area contributed by atoms with Crippen molar-refractivity contribution < 1.29 is 48.5 Å². The molecular formula is C29H38N8O10. The molecule has 18 nitrogen and oxygen atoms in total. The van der Waals surface area contributed by atoms with Crippen LogP contribution in [0, 0.1) is 0 Å². The molecule has 6 aliphatic rings. The molecule has 254 valence electrons. The van der Waals surface area contributed by atoms with Gasteiger partial charge >= 0.3 is 12.1 Å². The van der Waals surface area contributed by atoms with Crippen LogP contribution >= 0.6 is 0 Å². The second kappa shape index (κ2) is 14.1. The fourth-order valence-electron chi connectivity index (χ4n) is 6.46. The lowest BCUT2D eigenvalue weighted by Crippen LogP contribution is -2.50. The van der Waals surface area contributed by atoms with Gasteiger partial charge in [0.1, 0.15) is 30.9 Å². The highest BCUT2D eigenvalue weighted by atomic mass is 16.7. The summed E-state index contributed by atoms with van der Waals surface area (Å²) in [6.07, 6.45) is 1.93. The van der Waals surface area contributed by atoms with Crippen LogP contribution < -0.4 is 21.6 Å². The standard InChI is InChI=1S/C18H22N4O5.C11H16N4O5/c23-16-8-14(9-19-16)27-20-17(24)15-7-6-13-10-21(15)18(25)22(13)26-11-12-4-2-1-3-5-12;16-9-3-7(4-12-9)20-13-10(17)8-2-1-6-5-14(8)11(18)15(6)19/h1-5,13-15H,6-11H2,(H,19,23)(H,20,24);6-8,19H,1-5H2,(H,12,16)(H,13,17)/t13-,14-,15+;6-,7-,8+/m11/s1. The van der Waals surface area contributed by atoms with Crippen LogP contribution in [0.5, 0.6) is 0 Å². The van der Waals surface area contributed by atoms with Crippen molar-refractivity contribution in [3.8, 4) is 0 Å².